The van der Waals surface area contributed by atoms with Crippen LogP contribution in [-0.2, 0) is 9.53 Å². The topological polar surface area (TPSA) is 72.0 Å². The number of pyridine rings is 1. The molecule has 3 aliphatic rings. The third kappa shape index (κ3) is 5.49. The number of carbonyl (C=O) groups excluding carboxylic acids is 2. The van der Waals surface area contributed by atoms with Crippen LogP contribution in [0.5, 0.6) is 5.75 Å². The van der Waals surface area contributed by atoms with Gasteiger partial charge < -0.3 is 19.3 Å². The Morgan fingerprint density at radius 2 is 1.65 bits per heavy atom. The molecule has 1 aromatic heterocycles. The fourth-order valence-electron chi connectivity index (χ4n) is 5.24. The van der Waals surface area contributed by atoms with Gasteiger partial charge in [0.05, 0.1) is 0 Å². The summed E-state index contributed by atoms with van der Waals surface area (Å²) in [5.74, 6) is 1.48. The quantitative estimate of drug-likeness (QED) is 0.723. The van der Waals surface area contributed by atoms with Crippen molar-refractivity contribution in [2.45, 2.75) is 89.5 Å². The van der Waals surface area contributed by atoms with Gasteiger partial charge in [0.2, 0.25) is 5.91 Å². The normalized spacial score (nSPS) is 26.6. The molecule has 0 aromatic carbocycles. The zero-order chi connectivity index (χ0) is 22.0. The number of hydrogen-bond acceptors (Lipinski definition) is 5. The second-order valence-electron chi connectivity index (χ2n) is 10.2. The van der Waals surface area contributed by atoms with Crippen LogP contribution in [0.4, 0.5) is 4.79 Å². The molecule has 0 saturated carbocycles. The maximum Gasteiger partial charge on any atom is 0.410 e. The van der Waals surface area contributed by atoms with Crippen molar-refractivity contribution in [2.75, 3.05) is 13.1 Å². The Balaban J connectivity index is 1.25. The monoisotopic (exact) mass is 429 g/mol. The summed E-state index contributed by atoms with van der Waals surface area (Å²) >= 11 is 0. The van der Waals surface area contributed by atoms with Crippen LogP contribution in [0.3, 0.4) is 0 Å². The summed E-state index contributed by atoms with van der Waals surface area (Å²) in [5.41, 5.74) is -0.476. The first kappa shape index (κ1) is 21.9. The van der Waals surface area contributed by atoms with E-state index >= 15 is 0 Å². The first-order valence-corrected chi connectivity index (χ1v) is 11.6. The van der Waals surface area contributed by atoms with Crippen LogP contribution < -0.4 is 4.74 Å². The molecular weight excluding hydrogens is 394 g/mol. The molecule has 3 aliphatic heterocycles. The molecule has 0 radical (unpaired) electrons. The van der Waals surface area contributed by atoms with E-state index in [2.05, 4.69) is 9.88 Å². The molecule has 0 aliphatic carbocycles. The molecule has 2 bridgehead atoms. The zero-order valence-corrected chi connectivity index (χ0v) is 19.0. The highest BCUT2D eigenvalue weighted by molar-refractivity contribution is 5.77. The minimum Gasteiger partial charge on any atom is -0.490 e. The summed E-state index contributed by atoms with van der Waals surface area (Å²) in [4.78, 5) is 33.4. The number of aromatic nitrogens is 1. The third-order valence-electron chi connectivity index (χ3n) is 6.66. The Morgan fingerprint density at radius 3 is 2.23 bits per heavy atom. The number of carbonyl (C=O) groups is 2. The van der Waals surface area contributed by atoms with E-state index in [-0.39, 0.29) is 18.1 Å². The summed E-state index contributed by atoms with van der Waals surface area (Å²) < 4.78 is 11.6. The molecule has 2 atom stereocenters. The second-order valence-corrected chi connectivity index (χ2v) is 10.2. The highest BCUT2D eigenvalue weighted by Crippen LogP contribution is 2.38. The number of nitrogens with zero attached hydrogens (tertiary/aromatic N) is 3. The maximum atomic E-state index is 13.2. The van der Waals surface area contributed by atoms with Crippen LogP contribution >= 0.6 is 0 Å². The minimum absolute atomic E-state index is 0.168. The van der Waals surface area contributed by atoms with E-state index in [1.807, 2.05) is 32.9 Å². The van der Waals surface area contributed by atoms with Gasteiger partial charge in [-0.2, -0.15) is 0 Å². The van der Waals surface area contributed by atoms with Gasteiger partial charge in [-0.05, 0) is 64.5 Å². The lowest BCUT2D eigenvalue weighted by Gasteiger charge is -2.40. The van der Waals surface area contributed by atoms with Crippen LogP contribution in [0, 0.1) is 5.92 Å². The van der Waals surface area contributed by atoms with Crippen LogP contribution in [0.1, 0.15) is 65.7 Å². The number of hydrogen-bond donors (Lipinski definition) is 0. The Labute approximate surface area is 185 Å². The van der Waals surface area contributed by atoms with Gasteiger partial charge >= 0.3 is 6.09 Å². The van der Waals surface area contributed by atoms with Crippen LogP contribution in [0.25, 0.3) is 0 Å². The van der Waals surface area contributed by atoms with Gasteiger partial charge in [-0.3, -0.25) is 9.78 Å². The number of ether oxygens (including phenoxy) is 2. The Bertz CT molecular complexity index is 757. The lowest BCUT2D eigenvalue weighted by atomic mass is 9.91. The van der Waals surface area contributed by atoms with Gasteiger partial charge in [0.25, 0.3) is 0 Å². The summed E-state index contributed by atoms with van der Waals surface area (Å²) in [6, 6.07) is 4.37. The van der Waals surface area contributed by atoms with Crippen LogP contribution in [0.2, 0.25) is 0 Å². The number of piperidine rings is 2. The predicted octanol–water partition coefficient (Wildman–Crippen LogP) is 4.02. The van der Waals surface area contributed by atoms with E-state index in [1.165, 1.54) is 0 Å². The summed E-state index contributed by atoms with van der Waals surface area (Å²) in [7, 11) is 0. The highest BCUT2D eigenvalue weighted by Gasteiger charge is 2.44. The van der Waals surface area contributed by atoms with Gasteiger partial charge in [0.15, 0.2) is 0 Å². The van der Waals surface area contributed by atoms with Crippen molar-refractivity contribution in [1.29, 1.82) is 0 Å². The van der Waals surface area contributed by atoms with E-state index in [4.69, 9.17) is 9.47 Å². The van der Waals surface area contributed by atoms with Crippen molar-refractivity contribution in [2.24, 2.45) is 5.92 Å². The largest absolute Gasteiger partial charge is 0.490 e. The lowest BCUT2D eigenvalue weighted by Crippen LogP contribution is -2.50. The van der Waals surface area contributed by atoms with E-state index in [0.29, 0.717) is 37.5 Å². The molecule has 1 aromatic rings. The third-order valence-corrected chi connectivity index (χ3v) is 6.66. The molecular formula is C24H35N3O4. The number of rotatable bonds is 4. The zero-order valence-electron chi connectivity index (χ0n) is 19.0. The smallest absolute Gasteiger partial charge is 0.410 e. The molecule has 0 N–H and O–H groups in total. The van der Waals surface area contributed by atoms with Gasteiger partial charge in [0, 0.05) is 56.8 Å². The second kappa shape index (κ2) is 9.05. The molecule has 3 saturated heterocycles. The summed E-state index contributed by atoms with van der Waals surface area (Å²) in [5, 5.41) is 0. The minimum atomic E-state index is -0.476. The lowest BCUT2D eigenvalue weighted by molar-refractivity contribution is -0.138. The van der Waals surface area contributed by atoms with Gasteiger partial charge in [-0.15, -0.1) is 0 Å². The van der Waals surface area contributed by atoms with E-state index in [1.54, 1.807) is 17.3 Å². The molecule has 31 heavy (non-hydrogen) atoms. The van der Waals surface area contributed by atoms with Gasteiger partial charge in [-0.25, -0.2) is 4.79 Å². The molecule has 2 amide bonds. The molecule has 3 fully saturated rings. The molecule has 4 heterocycles. The van der Waals surface area contributed by atoms with Crippen molar-refractivity contribution >= 4 is 12.0 Å². The fourth-order valence-corrected chi connectivity index (χ4v) is 5.24. The molecule has 2 unspecified atom stereocenters. The van der Waals surface area contributed by atoms with Crippen molar-refractivity contribution in [3.63, 3.8) is 0 Å². The van der Waals surface area contributed by atoms with E-state index in [9.17, 15) is 9.59 Å². The van der Waals surface area contributed by atoms with Crippen molar-refractivity contribution in [3.05, 3.63) is 24.5 Å². The SMILES string of the molecule is CC(C)(C)OC(=O)N1CCC(CC(=O)N2C3CCC2CC(Oc2ccncc2)C3)CC1. The molecule has 7 nitrogen and oxygen atoms in total. The first-order chi connectivity index (χ1) is 14.8. The average Bonchev–Trinajstić information content (AvgIpc) is 2.99. The van der Waals surface area contributed by atoms with Crippen LogP contribution in [0.15, 0.2) is 24.5 Å². The number of likely N-dealkylation sites (tertiary alicyclic amines) is 1. The summed E-state index contributed by atoms with van der Waals surface area (Å²) in [6.45, 7) is 6.99. The Morgan fingerprint density at radius 1 is 1.03 bits per heavy atom. The average molecular weight is 430 g/mol. The summed E-state index contributed by atoms with van der Waals surface area (Å²) in [6.07, 6.45) is 9.69. The fraction of sp³-hybridized carbons (Fsp3) is 0.708. The molecule has 170 valence electrons. The van der Waals surface area contributed by atoms with Gasteiger partial charge in [0.1, 0.15) is 17.5 Å². The van der Waals surface area contributed by atoms with Crippen LogP contribution in [-0.4, -0.2) is 63.7 Å². The Hall–Kier alpha value is -2.31. The van der Waals surface area contributed by atoms with Gasteiger partial charge in [-0.1, -0.05) is 0 Å². The maximum absolute atomic E-state index is 13.2. The highest BCUT2D eigenvalue weighted by atomic mass is 16.6. The van der Waals surface area contributed by atoms with Crippen molar-refractivity contribution < 1.29 is 19.1 Å². The molecule has 7 heteroatoms. The standard InChI is InChI=1S/C24H35N3O4/c1-24(2,3)31-23(29)26-12-8-17(9-13-26)14-22(28)27-18-4-5-19(27)16-21(15-18)30-20-6-10-25-11-7-20/h6-7,10-11,17-19,21H,4-5,8-9,12-16H2,1-3H3. The molecule has 0 spiro atoms. The number of fused-ring (bicyclic) bond motifs is 2. The van der Waals surface area contributed by atoms with E-state index in [0.717, 1.165) is 44.3 Å². The number of amides is 2. The van der Waals surface area contributed by atoms with E-state index < -0.39 is 5.60 Å². The van der Waals surface area contributed by atoms with Crippen molar-refractivity contribution in [1.82, 2.24) is 14.8 Å². The Kier molecular flexibility index (Phi) is 6.39. The van der Waals surface area contributed by atoms with Crippen molar-refractivity contribution in [3.8, 4) is 5.75 Å². The molecule has 4 rings (SSSR count). The first-order valence-electron chi connectivity index (χ1n) is 11.6. The predicted molar refractivity (Wildman–Crippen MR) is 117 cm³/mol.